The first-order valence-corrected chi connectivity index (χ1v) is 12.0. The maximum Gasteiger partial charge on any atom is 0.416 e. The van der Waals surface area contributed by atoms with Gasteiger partial charge in [-0.25, -0.2) is 4.79 Å². The van der Waals surface area contributed by atoms with E-state index in [1.807, 2.05) is 24.3 Å². The van der Waals surface area contributed by atoms with Gasteiger partial charge in [-0.05, 0) is 43.7 Å². The Bertz CT molecular complexity index is 1020. The fourth-order valence-corrected chi connectivity index (χ4v) is 4.70. The van der Waals surface area contributed by atoms with Gasteiger partial charge in [0, 0.05) is 63.9 Å². The molecule has 2 aliphatic heterocycles. The van der Waals surface area contributed by atoms with Crippen LogP contribution in [0.5, 0.6) is 11.5 Å². The maximum atomic E-state index is 13.4. The first-order chi connectivity index (χ1) is 16.7. The summed E-state index contributed by atoms with van der Waals surface area (Å²) in [5.74, 6) is 1.09. The predicted octanol–water partition coefficient (Wildman–Crippen LogP) is 5.04. The van der Waals surface area contributed by atoms with Crippen LogP contribution < -0.4 is 4.74 Å². The number of carbonyl (C=O) groups excluding carboxylic acids is 1. The van der Waals surface area contributed by atoms with E-state index in [0.717, 1.165) is 57.2 Å². The SMILES string of the molecule is CN(C)C(=O)OCCN1CCN(CCCC2c3ccccc3Oc3ccc(C(F)(F)F)cc32)CC1. The van der Waals surface area contributed by atoms with Crippen molar-refractivity contribution in [3.63, 3.8) is 0 Å². The summed E-state index contributed by atoms with van der Waals surface area (Å²) in [7, 11) is 3.32. The number of hydrogen-bond acceptors (Lipinski definition) is 5. The molecule has 0 radical (unpaired) electrons. The lowest BCUT2D eigenvalue weighted by Gasteiger charge is -2.35. The number of carbonyl (C=O) groups is 1. The van der Waals surface area contributed by atoms with Crippen LogP contribution in [0, 0.1) is 0 Å². The highest BCUT2D eigenvalue weighted by Crippen LogP contribution is 2.47. The highest BCUT2D eigenvalue weighted by Gasteiger charge is 2.34. The van der Waals surface area contributed by atoms with Crippen LogP contribution in [-0.4, -0.2) is 80.8 Å². The molecule has 0 aromatic heterocycles. The highest BCUT2D eigenvalue weighted by atomic mass is 19.4. The third-order valence-electron chi connectivity index (χ3n) is 6.66. The Hall–Kier alpha value is -2.78. The van der Waals surface area contributed by atoms with Crippen LogP contribution in [-0.2, 0) is 10.9 Å². The topological polar surface area (TPSA) is 45.2 Å². The highest BCUT2D eigenvalue weighted by molar-refractivity contribution is 5.66. The van der Waals surface area contributed by atoms with Gasteiger partial charge in [-0.1, -0.05) is 18.2 Å². The third-order valence-corrected chi connectivity index (χ3v) is 6.66. The molecule has 9 heteroatoms. The molecule has 4 rings (SSSR count). The summed E-state index contributed by atoms with van der Waals surface area (Å²) in [5, 5.41) is 0. The average molecular weight is 492 g/mol. The van der Waals surface area contributed by atoms with E-state index < -0.39 is 11.7 Å². The molecule has 190 valence electrons. The van der Waals surface area contributed by atoms with E-state index in [2.05, 4.69) is 9.80 Å². The van der Waals surface area contributed by atoms with Gasteiger partial charge in [-0.15, -0.1) is 0 Å². The van der Waals surface area contributed by atoms with Gasteiger partial charge in [0.2, 0.25) is 0 Å². The number of ether oxygens (including phenoxy) is 2. The molecule has 1 amide bonds. The molecular formula is C26H32F3N3O3. The third kappa shape index (κ3) is 6.27. The molecule has 1 unspecified atom stereocenters. The molecule has 2 aliphatic rings. The molecule has 0 N–H and O–H groups in total. The van der Waals surface area contributed by atoms with Crippen molar-refractivity contribution >= 4 is 6.09 Å². The lowest BCUT2D eigenvalue weighted by Crippen LogP contribution is -2.47. The van der Waals surface area contributed by atoms with Crippen LogP contribution in [0.3, 0.4) is 0 Å². The minimum absolute atomic E-state index is 0.134. The summed E-state index contributed by atoms with van der Waals surface area (Å²) in [6, 6.07) is 11.4. The number of amides is 1. The normalized spacial score (nSPS) is 18.4. The first-order valence-electron chi connectivity index (χ1n) is 12.0. The van der Waals surface area contributed by atoms with E-state index in [1.165, 1.54) is 17.0 Å². The Morgan fingerprint density at radius 3 is 2.34 bits per heavy atom. The molecular weight excluding hydrogens is 459 g/mol. The second-order valence-corrected chi connectivity index (χ2v) is 9.28. The summed E-state index contributed by atoms with van der Waals surface area (Å²) in [4.78, 5) is 17.6. The van der Waals surface area contributed by atoms with Crippen molar-refractivity contribution in [1.29, 1.82) is 0 Å². The van der Waals surface area contributed by atoms with Crippen molar-refractivity contribution in [1.82, 2.24) is 14.7 Å². The second-order valence-electron chi connectivity index (χ2n) is 9.28. The fraction of sp³-hybridized carbons (Fsp3) is 0.500. The lowest BCUT2D eigenvalue weighted by molar-refractivity contribution is -0.137. The number of fused-ring (bicyclic) bond motifs is 2. The standard InChI is InChI=1S/C26H32F3N3O3/c1-30(2)25(33)34-17-16-32-14-12-31(13-15-32)11-5-7-20-21-6-3-4-8-23(21)35-24-10-9-19(18-22(20)24)26(27,28)29/h3-4,6,8-10,18,20H,5,7,11-17H2,1-2H3. The largest absolute Gasteiger partial charge is 0.457 e. The molecule has 1 saturated heterocycles. The molecule has 2 aromatic rings. The van der Waals surface area contributed by atoms with E-state index in [-0.39, 0.29) is 12.0 Å². The van der Waals surface area contributed by atoms with Gasteiger partial charge in [-0.3, -0.25) is 4.90 Å². The van der Waals surface area contributed by atoms with E-state index in [1.54, 1.807) is 14.1 Å². The number of piperazine rings is 1. The number of alkyl halides is 3. The van der Waals surface area contributed by atoms with Crippen molar-refractivity contribution in [3.05, 3.63) is 59.2 Å². The first kappa shape index (κ1) is 25.3. The molecule has 1 fully saturated rings. The second kappa shape index (κ2) is 10.9. The molecule has 2 aromatic carbocycles. The van der Waals surface area contributed by atoms with Crippen molar-refractivity contribution < 1.29 is 27.4 Å². The van der Waals surface area contributed by atoms with Crippen LogP contribution in [0.15, 0.2) is 42.5 Å². The molecule has 6 nitrogen and oxygen atoms in total. The summed E-state index contributed by atoms with van der Waals surface area (Å²) in [6.07, 6.45) is -3.10. The van der Waals surface area contributed by atoms with Gasteiger partial charge in [-0.2, -0.15) is 13.2 Å². The van der Waals surface area contributed by atoms with E-state index >= 15 is 0 Å². The number of para-hydroxylation sites is 1. The average Bonchev–Trinajstić information content (AvgIpc) is 2.83. The smallest absolute Gasteiger partial charge is 0.416 e. The van der Waals surface area contributed by atoms with Crippen LogP contribution >= 0.6 is 0 Å². The number of hydrogen-bond donors (Lipinski definition) is 0. The Morgan fingerprint density at radius 2 is 1.66 bits per heavy atom. The molecule has 2 heterocycles. The Kier molecular flexibility index (Phi) is 7.86. The summed E-state index contributed by atoms with van der Waals surface area (Å²) < 4.78 is 51.3. The van der Waals surface area contributed by atoms with Crippen molar-refractivity contribution in [2.24, 2.45) is 0 Å². The number of nitrogens with zero attached hydrogens (tertiary/aromatic N) is 3. The lowest BCUT2D eigenvalue weighted by atomic mass is 9.84. The molecule has 0 bridgehead atoms. The molecule has 0 saturated carbocycles. The maximum absolute atomic E-state index is 13.4. The molecule has 35 heavy (non-hydrogen) atoms. The fourth-order valence-electron chi connectivity index (χ4n) is 4.70. The monoisotopic (exact) mass is 491 g/mol. The van der Waals surface area contributed by atoms with Crippen molar-refractivity contribution in [2.45, 2.75) is 24.9 Å². The molecule has 0 spiro atoms. The van der Waals surface area contributed by atoms with Crippen LogP contribution in [0.4, 0.5) is 18.0 Å². The van der Waals surface area contributed by atoms with Crippen LogP contribution in [0.1, 0.15) is 35.4 Å². The minimum Gasteiger partial charge on any atom is -0.457 e. The van der Waals surface area contributed by atoms with E-state index in [0.29, 0.717) is 30.2 Å². The van der Waals surface area contributed by atoms with E-state index in [4.69, 9.17) is 9.47 Å². The van der Waals surface area contributed by atoms with Crippen LogP contribution in [0.2, 0.25) is 0 Å². The Labute approximate surface area is 204 Å². The van der Waals surface area contributed by atoms with E-state index in [9.17, 15) is 18.0 Å². The van der Waals surface area contributed by atoms with Gasteiger partial charge < -0.3 is 19.3 Å². The van der Waals surface area contributed by atoms with Crippen molar-refractivity contribution in [3.8, 4) is 11.5 Å². The zero-order valence-corrected chi connectivity index (χ0v) is 20.2. The number of rotatable bonds is 7. The van der Waals surface area contributed by atoms with Gasteiger partial charge in [0.25, 0.3) is 0 Å². The molecule has 0 aliphatic carbocycles. The summed E-state index contributed by atoms with van der Waals surface area (Å²) >= 11 is 0. The van der Waals surface area contributed by atoms with Gasteiger partial charge in [0.15, 0.2) is 0 Å². The Morgan fingerprint density at radius 1 is 1.00 bits per heavy atom. The zero-order valence-electron chi connectivity index (χ0n) is 20.2. The zero-order chi connectivity index (χ0) is 25.0. The van der Waals surface area contributed by atoms with Crippen LogP contribution in [0.25, 0.3) is 0 Å². The van der Waals surface area contributed by atoms with Gasteiger partial charge in [0.05, 0.1) is 5.56 Å². The van der Waals surface area contributed by atoms with Gasteiger partial charge in [0.1, 0.15) is 18.1 Å². The number of halogens is 3. The quantitative estimate of drug-likeness (QED) is 0.543. The predicted molar refractivity (Wildman–Crippen MR) is 127 cm³/mol. The van der Waals surface area contributed by atoms with Gasteiger partial charge >= 0.3 is 12.3 Å². The minimum atomic E-state index is -4.39. The van der Waals surface area contributed by atoms with Crippen molar-refractivity contribution in [2.75, 3.05) is 60.0 Å². The summed E-state index contributed by atoms with van der Waals surface area (Å²) in [6.45, 7) is 5.61. The Balaban J connectivity index is 1.32. The summed E-state index contributed by atoms with van der Waals surface area (Å²) in [5.41, 5.74) is 0.906. The number of benzene rings is 2. The molecule has 1 atom stereocenters.